The molecule has 32 heavy (non-hydrogen) atoms. The Morgan fingerprint density at radius 1 is 1.19 bits per heavy atom. The van der Waals surface area contributed by atoms with Crippen LogP contribution in [0.4, 0.5) is 15.8 Å². The van der Waals surface area contributed by atoms with Gasteiger partial charge in [-0.25, -0.2) is 4.39 Å². The van der Waals surface area contributed by atoms with Crippen molar-refractivity contribution >= 4 is 46.4 Å². The van der Waals surface area contributed by atoms with E-state index in [4.69, 9.17) is 23.2 Å². The molecule has 1 spiro atoms. The highest BCUT2D eigenvalue weighted by Gasteiger charge is 2.58. The van der Waals surface area contributed by atoms with Crippen LogP contribution in [0.5, 0.6) is 0 Å². The molecule has 1 aliphatic carbocycles. The van der Waals surface area contributed by atoms with Crippen LogP contribution in [0.2, 0.25) is 10.0 Å². The van der Waals surface area contributed by atoms with Crippen LogP contribution >= 0.6 is 23.2 Å². The van der Waals surface area contributed by atoms with Gasteiger partial charge in [0.1, 0.15) is 5.82 Å². The minimum Gasteiger partial charge on any atom is -0.373 e. The number of halogens is 3. The third-order valence-corrected chi connectivity index (χ3v) is 7.97. The van der Waals surface area contributed by atoms with E-state index in [1.165, 1.54) is 12.1 Å². The van der Waals surface area contributed by atoms with Crippen molar-refractivity contribution in [1.29, 1.82) is 0 Å². The second-order valence-electron chi connectivity index (χ2n) is 9.02. The standard InChI is InChI=1S/C24H24Cl2FN3O2/c1-3-19(31)30-11-10-24(13-30,20-17(27)7-6-16(25)21(20)26)28-14-4-5-15-18(12-14)29(2)22(32)23(15)8-9-23/h4-7,12,28H,3,8-11,13H2,1-2H3. The molecule has 0 radical (unpaired) electrons. The largest absolute Gasteiger partial charge is 0.373 e. The van der Waals surface area contributed by atoms with E-state index < -0.39 is 11.4 Å². The molecule has 2 fully saturated rings. The van der Waals surface area contributed by atoms with Gasteiger partial charge in [-0.2, -0.15) is 0 Å². The molecule has 1 atom stereocenters. The zero-order valence-corrected chi connectivity index (χ0v) is 19.5. The van der Waals surface area contributed by atoms with Gasteiger partial charge in [0.15, 0.2) is 0 Å². The summed E-state index contributed by atoms with van der Waals surface area (Å²) in [6.45, 7) is 2.56. The molecule has 1 N–H and O–H groups in total. The normalized spacial score (nSPS) is 23.1. The maximum atomic E-state index is 15.1. The second kappa shape index (κ2) is 7.35. The summed E-state index contributed by atoms with van der Waals surface area (Å²) in [7, 11) is 1.79. The van der Waals surface area contributed by atoms with E-state index in [2.05, 4.69) is 5.32 Å². The minimum atomic E-state index is -0.941. The fraction of sp³-hybridized carbons (Fsp3) is 0.417. The lowest BCUT2D eigenvalue weighted by Gasteiger charge is -2.34. The van der Waals surface area contributed by atoms with Crippen LogP contribution in [0.15, 0.2) is 30.3 Å². The molecule has 1 saturated heterocycles. The summed E-state index contributed by atoms with van der Waals surface area (Å²) < 4.78 is 15.1. The number of rotatable bonds is 4. The Hall–Kier alpha value is -2.31. The summed E-state index contributed by atoms with van der Waals surface area (Å²) in [4.78, 5) is 28.6. The minimum absolute atomic E-state index is 0.00203. The molecule has 2 amide bonds. The fourth-order valence-corrected chi connectivity index (χ4v) is 5.79. The van der Waals surface area contributed by atoms with Gasteiger partial charge < -0.3 is 15.1 Å². The number of amides is 2. The molecule has 3 aliphatic rings. The number of benzene rings is 2. The van der Waals surface area contributed by atoms with Crippen LogP contribution in [-0.2, 0) is 20.5 Å². The maximum Gasteiger partial charge on any atom is 0.237 e. The second-order valence-corrected chi connectivity index (χ2v) is 9.81. The Bertz CT molecular complexity index is 1150. The monoisotopic (exact) mass is 475 g/mol. The molecule has 8 heteroatoms. The Labute approximate surface area is 196 Å². The molecule has 2 aromatic carbocycles. The van der Waals surface area contributed by atoms with Crippen molar-refractivity contribution in [3.05, 3.63) is 57.3 Å². The maximum absolute atomic E-state index is 15.1. The lowest BCUT2D eigenvalue weighted by molar-refractivity contribution is -0.130. The number of nitrogens with one attached hydrogen (secondary N) is 1. The summed E-state index contributed by atoms with van der Waals surface area (Å²) >= 11 is 12.8. The Balaban J connectivity index is 1.58. The average molecular weight is 476 g/mol. The van der Waals surface area contributed by atoms with E-state index in [1.54, 1.807) is 16.8 Å². The quantitative estimate of drug-likeness (QED) is 0.626. The SMILES string of the molecule is CCC(=O)N1CCC(Nc2ccc3c(c2)N(C)C(=O)C32CC2)(c2c(F)ccc(Cl)c2Cl)C1. The highest BCUT2D eigenvalue weighted by molar-refractivity contribution is 6.42. The van der Waals surface area contributed by atoms with Gasteiger partial charge in [0, 0.05) is 43.5 Å². The lowest BCUT2D eigenvalue weighted by Crippen LogP contribution is -2.41. The van der Waals surface area contributed by atoms with Crippen molar-refractivity contribution in [2.24, 2.45) is 0 Å². The Kier molecular flexibility index (Phi) is 4.95. The molecule has 168 valence electrons. The predicted molar refractivity (Wildman–Crippen MR) is 124 cm³/mol. The van der Waals surface area contributed by atoms with E-state index in [0.29, 0.717) is 19.4 Å². The Morgan fingerprint density at radius 2 is 1.94 bits per heavy atom. The van der Waals surface area contributed by atoms with Crippen molar-refractivity contribution in [2.75, 3.05) is 30.4 Å². The van der Waals surface area contributed by atoms with E-state index in [0.717, 1.165) is 29.8 Å². The number of carbonyl (C=O) groups excluding carboxylic acids is 2. The molecule has 1 unspecified atom stereocenters. The number of hydrogen-bond donors (Lipinski definition) is 1. The van der Waals surface area contributed by atoms with Gasteiger partial charge in [-0.15, -0.1) is 0 Å². The first-order valence-electron chi connectivity index (χ1n) is 10.8. The molecule has 2 aromatic rings. The first-order chi connectivity index (χ1) is 15.2. The van der Waals surface area contributed by atoms with E-state index >= 15 is 4.39 Å². The Morgan fingerprint density at radius 3 is 2.62 bits per heavy atom. The van der Waals surface area contributed by atoms with Crippen LogP contribution < -0.4 is 10.2 Å². The van der Waals surface area contributed by atoms with Crippen LogP contribution in [0, 0.1) is 5.82 Å². The van der Waals surface area contributed by atoms with Crippen molar-refractivity contribution in [2.45, 2.75) is 43.6 Å². The first kappa shape index (κ1) is 21.5. The molecule has 0 aromatic heterocycles. The lowest BCUT2D eigenvalue weighted by atomic mass is 9.87. The number of fused-ring (bicyclic) bond motifs is 2. The number of likely N-dealkylation sites (N-methyl/N-ethyl adjacent to an activating group) is 1. The molecule has 1 saturated carbocycles. The van der Waals surface area contributed by atoms with E-state index in [1.807, 2.05) is 25.1 Å². The summed E-state index contributed by atoms with van der Waals surface area (Å²) in [6, 6.07) is 8.59. The van der Waals surface area contributed by atoms with E-state index in [9.17, 15) is 9.59 Å². The topological polar surface area (TPSA) is 52.7 Å². The number of carbonyl (C=O) groups is 2. The highest BCUT2D eigenvalue weighted by atomic mass is 35.5. The molecule has 0 bridgehead atoms. The molecular weight excluding hydrogens is 452 g/mol. The van der Waals surface area contributed by atoms with Crippen LogP contribution in [-0.4, -0.2) is 36.9 Å². The highest BCUT2D eigenvalue weighted by Crippen LogP contribution is 2.57. The first-order valence-corrected chi connectivity index (χ1v) is 11.6. The van der Waals surface area contributed by atoms with E-state index in [-0.39, 0.29) is 39.4 Å². The number of likely N-dealkylation sites (tertiary alicyclic amines) is 1. The summed E-state index contributed by atoms with van der Waals surface area (Å²) in [6.07, 6.45) is 2.59. The van der Waals surface area contributed by atoms with Crippen LogP contribution in [0.25, 0.3) is 0 Å². The van der Waals surface area contributed by atoms with Crippen molar-refractivity contribution in [3.8, 4) is 0 Å². The summed E-state index contributed by atoms with van der Waals surface area (Å²) in [5, 5.41) is 3.90. The molecular formula is C24H24Cl2FN3O2. The number of anilines is 2. The molecule has 5 rings (SSSR count). The van der Waals surface area contributed by atoms with Crippen LogP contribution in [0.1, 0.15) is 43.7 Å². The zero-order valence-electron chi connectivity index (χ0n) is 18.0. The molecule has 2 heterocycles. The average Bonchev–Trinajstić information content (AvgIpc) is 3.44. The summed E-state index contributed by atoms with van der Waals surface area (Å²) in [5.41, 5.74) is 1.61. The van der Waals surface area contributed by atoms with Crippen molar-refractivity contribution in [3.63, 3.8) is 0 Å². The molecule has 2 aliphatic heterocycles. The van der Waals surface area contributed by atoms with Gasteiger partial charge in [-0.1, -0.05) is 36.2 Å². The smallest absolute Gasteiger partial charge is 0.237 e. The summed E-state index contributed by atoms with van der Waals surface area (Å²) in [5.74, 6) is -0.339. The number of nitrogens with zero attached hydrogens (tertiary/aromatic N) is 2. The predicted octanol–water partition coefficient (Wildman–Crippen LogP) is 5.09. The fourth-order valence-electron chi connectivity index (χ4n) is 5.30. The third kappa shape index (κ3) is 3.03. The van der Waals surface area contributed by atoms with Gasteiger partial charge in [0.25, 0.3) is 0 Å². The zero-order chi connectivity index (χ0) is 22.8. The van der Waals surface area contributed by atoms with Crippen molar-refractivity contribution < 1.29 is 14.0 Å². The van der Waals surface area contributed by atoms with Gasteiger partial charge in [-0.3, -0.25) is 9.59 Å². The third-order valence-electron chi connectivity index (χ3n) is 7.17. The van der Waals surface area contributed by atoms with Gasteiger partial charge in [0.2, 0.25) is 11.8 Å². The van der Waals surface area contributed by atoms with Gasteiger partial charge >= 0.3 is 0 Å². The van der Waals surface area contributed by atoms with Crippen molar-refractivity contribution in [1.82, 2.24) is 4.90 Å². The molecule has 5 nitrogen and oxygen atoms in total. The number of hydrogen-bond acceptors (Lipinski definition) is 3. The van der Waals surface area contributed by atoms with Crippen LogP contribution in [0.3, 0.4) is 0 Å². The van der Waals surface area contributed by atoms with Gasteiger partial charge in [-0.05, 0) is 49.1 Å². The van der Waals surface area contributed by atoms with Gasteiger partial charge in [0.05, 0.1) is 21.0 Å².